The van der Waals surface area contributed by atoms with Crippen LogP contribution in [0.4, 0.5) is 5.82 Å². The summed E-state index contributed by atoms with van der Waals surface area (Å²) < 4.78 is 27.6. The first-order valence-electron chi connectivity index (χ1n) is 10.4. The van der Waals surface area contributed by atoms with Crippen LogP contribution in [0.2, 0.25) is 0 Å². The minimum Gasteiger partial charge on any atom is -0.351 e. The fraction of sp³-hybridized carbons (Fsp3) is 0.348. The Morgan fingerprint density at radius 1 is 1.25 bits per heavy atom. The van der Waals surface area contributed by atoms with Crippen LogP contribution in [-0.4, -0.2) is 36.4 Å². The number of carbonyl (C=O) groups excluding carboxylic acids is 1. The summed E-state index contributed by atoms with van der Waals surface area (Å²) in [5.41, 5.74) is 0.809. The number of fused-ring (bicyclic) bond motifs is 1. The Morgan fingerprint density at radius 3 is 2.66 bits per heavy atom. The molecule has 2 N–H and O–H groups in total. The summed E-state index contributed by atoms with van der Waals surface area (Å²) in [6, 6.07) is 9.95. The van der Waals surface area contributed by atoms with E-state index in [0.717, 1.165) is 29.0 Å². The molecule has 0 bridgehead atoms. The largest absolute Gasteiger partial charge is 0.351 e. The van der Waals surface area contributed by atoms with Crippen LogP contribution >= 0.6 is 0 Å². The van der Waals surface area contributed by atoms with E-state index in [1.54, 1.807) is 6.07 Å². The summed E-state index contributed by atoms with van der Waals surface area (Å²) in [4.78, 5) is 33.9. The number of aromatic amines is 1. The maximum Gasteiger partial charge on any atom is 0.269 e. The number of amides is 1. The molecule has 1 aromatic carbocycles. The van der Waals surface area contributed by atoms with Gasteiger partial charge in [0.15, 0.2) is 4.90 Å². The van der Waals surface area contributed by atoms with Gasteiger partial charge in [0.2, 0.25) is 0 Å². The van der Waals surface area contributed by atoms with Crippen LogP contribution in [0.15, 0.2) is 52.3 Å². The maximum absolute atomic E-state index is 13.3. The van der Waals surface area contributed by atoms with E-state index in [-0.39, 0.29) is 11.1 Å². The summed E-state index contributed by atoms with van der Waals surface area (Å²) in [7, 11) is -4.37. The van der Waals surface area contributed by atoms with Gasteiger partial charge < -0.3 is 9.88 Å². The molecule has 0 saturated carbocycles. The highest BCUT2D eigenvalue weighted by Gasteiger charge is 2.41. The molecule has 1 atom stereocenters. The van der Waals surface area contributed by atoms with E-state index in [1.165, 1.54) is 12.3 Å². The lowest BCUT2D eigenvalue weighted by Crippen LogP contribution is -2.44. The van der Waals surface area contributed by atoms with Crippen molar-refractivity contribution in [1.82, 2.24) is 14.7 Å². The van der Waals surface area contributed by atoms with Gasteiger partial charge in [-0.25, -0.2) is 18.1 Å². The summed E-state index contributed by atoms with van der Waals surface area (Å²) in [5.74, 6) is -0.0274. The van der Waals surface area contributed by atoms with E-state index in [4.69, 9.17) is 4.98 Å². The number of aromatic nitrogens is 2. The predicted octanol–water partition coefficient (Wildman–Crippen LogP) is 2.98. The quantitative estimate of drug-likeness (QED) is 0.627. The molecule has 1 saturated heterocycles. The van der Waals surface area contributed by atoms with E-state index >= 15 is 0 Å². The SMILES string of the molecule is Cc1ccc2nc(N3CCC(C)C3(C)C)c(C(=O)NS(=O)(=O)c3ccc[nH]c3=O)cc2c1. The predicted molar refractivity (Wildman–Crippen MR) is 123 cm³/mol. The molecule has 1 amide bonds. The lowest BCUT2D eigenvalue weighted by atomic mass is 9.90. The normalized spacial score (nSPS) is 18.1. The zero-order valence-corrected chi connectivity index (χ0v) is 19.3. The highest BCUT2D eigenvalue weighted by molar-refractivity contribution is 7.90. The minimum atomic E-state index is -4.37. The van der Waals surface area contributed by atoms with Gasteiger partial charge in [-0.1, -0.05) is 18.6 Å². The van der Waals surface area contributed by atoms with Gasteiger partial charge in [0, 0.05) is 23.7 Å². The van der Waals surface area contributed by atoms with Gasteiger partial charge in [0.1, 0.15) is 5.82 Å². The van der Waals surface area contributed by atoms with Crippen LogP contribution in [0.3, 0.4) is 0 Å². The molecule has 1 unspecified atom stereocenters. The monoisotopic (exact) mass is 454 g/mol. The van der Waals surface area contributed by atoms with E-state index < -0.39 is 26.4 Å². The molecule has 3 heterocycles. The molecule has 2 aromatic heterocycles. The van der Waals surface area contributed by atoms with Crippen molar-refractivity contribution in [3.05, 3.63) is 64.1 Å². The van der Waals surface area contributed by atoms with Gasteiger partial charge in [-0.05, 0) is 63.4 Å². The van der Waals surface area contributed by atoms with Crippen LogP contribution in [0, 0.1) is 12.8 Å². The fourth-order valence-corrected chi connectivity index (χ4v) is 5.14. The Bertz CT molecular complexity index is 1380. The number of pyridine rings is 2. The Balaban J connectivity index is 1.84. The highest BCUT2D eigenvalue weighted by atomic mass is 32.2. The second kappa shape index (κ2) is 7.74. The first-order chi connectivity index (χ1) is 15.0. The van der Waals surface area contributed by atoms with E-state index in [2.05, 4.69) is 35.4 Å². The Labute approximate surface area is 186 Å². The smallest absolute Gasteiger partial charge is 0.269 e. The van der Waals surface area contributed by atoms with Gasteiger partial charge in [-0.3, -0.25) is 9.59 Å². The van der Waals surface area contributed by atoms with Gasteiger partial charge >= 0.3 is 0 Å². The second-order valence-corrected chi connectivity index (χ2v) is 10.5. The molecule has 0 spiro atoms. The lowest BCUT2D eigenvalue weighted by molar-refractivity contribution is 0.0981. The summed E-state index contributed by atoms with van der Waals surface area (Å²) in [6.07, 6.45) is 2.26. The van der Waals surface area contributed by atoms with Crippen LogP contribution in [0.5, 0.6) is 0 Å². The van der Waals surface area contributed by atoms with Crippen LogP contribution in [-0.2, 0) is 10.0 Å². The average Bonchev–Trinajstić information content (AvgIpc) is 2.99. The summed E-state index contributed by atoms with van der Waals surface area (Å²) in [6.45, 7) is 8.96. The molecule has 9 heteroatoms. The zero-order chi connectivity index (χ0) is 23.3. The Hall–Kier alpha value is -3.20. The van der Waals surface area contributed by atoms with Crippen molar-refractivity contribution in [2.75, 3.05) is 11.4 Å². The number of carbonyl (C=O) groups is 1. The molecule has 32 heavy (non-hydrogen) atoms. The molecule has 1 aliphatic heterocycles. The number of H-pyrrole nitrogens is 1. The van der Waals surface area contributed by atoms with E-state index in [1.807, 2.05) is 25.1 Å². The Morgan fingerprint density at radius 2 is 2.00 bits per heavy atom. The first-order valence-corrected chi connectivity index (χ1v) is 11.9. The molecule has 8 nitrogen and oxygen atoms in total. The molecular weight excluding hydrogens is 428 g/mol. The highest BCUT2D eigenvalue weighted by Crippen LogP contribution is 2.39. The number of hydrogen-bond donors (Lipinski definition) is 2. The summed E-state index contributed by atoms with van der Waals surface area (Å²) in [5, 5.41) is 0.735. The van der Waals surface area contributed by atoms with Crippen molar-refractivity contribution >= 4 is 32.7 Å². The number of rotatable bonds is 4. The van der Waals surface area contributed by atoms with Crippen LogP contribution < -0.4 is 15.2 Å². The van der Waals surface area contributed by atoms with Crippen molar-refractivity contribution in [2.45, 2.75) is 44.6 Å². The number of sulfonamides is 1. The van der Waals surface area contributed by atoms with Crippen molar-refractivity contribution in [3.8, 4) is 0 Å². The number of nitrogens with zero attached hydrogens (tertiary/aromatic N) is 2. The third kappa shape index (κ3) is 3.77. The Kier molecular flexibility index (Phi) is 5.32. The molecule has 1 aliphatic rings. The third-order valence-electron chi connectivity index (χ3n) is 6.44. The summed E-state index contributed by atoms with van der Waals surface area (Å²) >= 11 is 0. The number of hydrogen-bond acceptors (Lipinski definition) is 6. The molecule has 4 rings (SSSR count). The fourth-order valence-electron chi connectivity index (χ4n) is 4.12. The van der Waals surface area contributed by atoms with Crippen LogP contribution in [0.1, 0.15) is 43.1 Å². The second-order valence-electron chi connectivity index (χ2n) is 8.85. The first kappa shape index (κ1) is 22.0. The van der Waals surface area contributed by atoms with Crippen molar-refractivity contribution in [1.29, 1.82) is 0 Å². The minimum absolute atomic E-state index is 0.154. The number of aryl methyl sites for hydroxylation is 1. The van der Waals surface area contributed by atoms with Crippen molar-refractivity contribution < 1.29 is 13.2 Å². The van der Waals surface area contributed by atoms with E-state index in [9.17, 15) is 18.0 Å². The van der Waals surface area contributed by atoms with Gasteiger partial charge in [-0.15, -0.1) is 0 Å². The molecule has 168 valence electrons. The topological polar surface area (TPSA) is 112 Å². The molecule has 0 aliphatic carbocycles. The van der Waals surface area contributed by atoms with Crippen molar-refractivity contribution in [3.63, 3.8) is 0 Å². The third-order valence-corrected chi connectivity index (χ3v) is 7.79. The van der Waals surface area contributed by atoms with Gasteiger partial charge in [0.25, 0.3) is 21.5 Å². The molecular formula is C23H26N4O4S. The average molecular weight is 455 g/mol. The molecule has 3 aromatic rings. The van der Waals surface area contributed by atoms with Gasteiger partial charge in [0.05, 0.1) is 11.1 Å². The number of nitrogens with one attached hydrogen (secondary N) is 2. The van der Waals surface area contributed by atoms with Crippen LogP contribution in [0.25, 0.3) is 10.9 Å². The molecule has 1 fully saturated rings. The maximum atomic E-state index is 13.3. The number of benzene rings is 1. The van der Waals surface area contributed by atoms with Crippen molar-refractivity contribution in [2.24, 2.45) is 5.92 Å². The lowest BCUT2D eigenvalue weighted by Gasteiger charge is -2.36. The number of anilines is 1. The molecule has 0 radical (unpaired) electrons. The van der Waals surface area contributed by atoms with E-state index in [0.29, 0.717) is 18.3 Å². The zero-order valence-electron chi connectivity index (χ0n) is 18.5. The standard InChI is InChI=1S/C23H26N4O4S/c1-14-7-8-18-16(12-14)13-17(20(25-18)27-11-9-15(2)23(27,3)4)21(28)26-32(30,31)19-6-5-10-24-22(19)29/h5-8,10,12-13,15H,9,11H2,1-4H3,(H,24,29)(H,26,28). The van der Waals surface area contributed by atoms with Gasteiger partial charge in [-0.2, -0.15) is 0 Å².